The Morgan fingerprint density at radius 3 is 2.16 bits per heavy atom. The number of aliphatic carboxylic acids is 1. The van der Waals surface area contributed by atoms with E-state index < -0.39 is 152 Å². The number of thioether (sulfide) groups is 1. The van der Waals surface area contributed by atoms with Crippen molar-refractivity contribution >= 4 is 110 Å². The summed E-state index contributed by atoms with van der Waals surface area (Å²) < 4.78 is 14.2. The standard InChI is InChI=1S/C53H76FN13O13S3/c1-3-10-43(70)40-27-81-30-46(73)61-38(14-7-8-16-57-51(79)39(60-31(2)68)24-36-26-67(18-15-54)66-65-36)52(80)64-42-29-83-82-28-41(45(72)22-34(49(77)62-40)19-32-11-5-4-6-12-32)63-50(78)35(23-47(74)75)20-37(69)25-59-48(76)33(21-44(42)71)13-9-17-58-53(55)56/h4-6,11-12,26,33-35,38-42H,3,7-10,13-25,27-30H2,1-2H3,(H,57,79)(H,59,76)(H,60,68)(H,61,73)(H,62,77)(H,63,78)(H,64,80)(H,74,75)(H4,55,56,58)/t33-,34-,35+,38+,39?,40+,41+,42+/m1/s1/i54-1. The molecule has 0 radical (unpaired) electrons. The van der Waals surface area contributed by atoms with Crippen molar-refractivity contribution in [2.45, 2.75) is 134 Å². The summed E-state index contributed by atoms with van der Waals surface area (Å²) in [6.07, 6.45) is 0.0948. The van der Waals surface area contributed by atoms with Crippen molar-refractivity contribution in [2.24, 2.45) is 34.2 Å². The summed E-state index contributed by atoms with van der Waals surface area (Å²) in [6, 6.07) is 2.49. The molecule has 7 amide bonds. The van der Waals surface area contributed by atoms with Crippen LogP contribution in [0.3, 0.4) is 0 Å². The fraction of sp³-hybridized carbons (Fsp3) is 0.604. The first-order valence-corrected chi connectivity index (χ1v) is 31.0. The highest BCUT2D eigenvalue weighted by Gasteiger charge is 2.36. The highest BCUT2D eigenvalue weighted by Crippen LogP contribution is 2.27. The number of hydrogen-bond donors (Lipinski definition) is 10. The number of nitrogens with zero attached hydrogens (tertiary/aromatic N) is 4. The van der Waals surface area contributed by atoms with Gasteiger partial charge in [-0.2, -0.15) is 0 Å². The van der Waals surface area contributed by atoms with E-state index in [2.05, 4.69) is 52.5 Å². The van der Waals surface area contributed by atoms with Crippen LogP contribution in [0.1, 0.15) is 95.7 Å². The fourth-order valence-electron chi connectivity index (χ4n) is 8.97. The number of nitrogens with one attached hydrogen (secondary N) is 7. The number of halogens is 1. The lowest BCUT2D eigenvalue weighted by Crippen LogP contribution is -2.53. The predicted molar refractivity (Wildman–Crippen MR) is 309 cm³/mol. The number of aromatic nitrogens is 3. The van der Waals surface area contributed by atoms with E-state index in [-0.39, 0.29) is 106 Å². The number of unbranched alkanes of at least 4 members (excludes halogenated alkanes) is 1. The third-order valence-corrected chi connectivity index (χ3v) is 16.7. The van der Waals surface area contributed by atoms with Gasteiger partial charge in [0.05, 0.1) is 55.0 Å². The first-order valence-electron chi connectivity index (χ1n) is 27.4. The zero-order valence-corrected chi connectivity index (χ0v) is 49.0. The number of rotatable bonds is 22. The number of carbonyl (C=O) groups is 12. The fourth-order valence-corrected chi connectivity index (χ4v) is 12.3. The first kappa shape index (κ1) is 68.5. The van der Waals surface area contributed by atoms with E-state index in [1.807, 2.05) is 0 Å². The molecule has 1 aromatic heterocycles. The molecule has 3 heterocycles. The number of Topliss-reactive ketones (excluding diaryl/α,β-unsaturated/α-hetero) is 4. The molecule has 2 aliphatic rings. The number of alkyl halides is 1. The summed E-state index contributed by atoms with van der Waals surface area (Å²) in [5, 5.41) is 36.3. The minimum absolute atomic E-state index is 0.0194. The summed E-state index contributed by atoms with van der Waals surface area (Å²) in [4.78, 5) is 168. The molecule has 0 spiro atoms. The number of nitrogens with two attached hydrogens (primary N) is 2. The van der Waals surface area contributed by atoms with Crippen LogP contribution in [0.25, 0.3) is 0 Å². The molecular weight excluding hydrogens is 1140 g/mol. The van der Waals surface area contributed by atoms with E-state index >= 15 is 0 Å². The largest absolute Gasteiger partial charge is 0.481 e. The lowest BCUT2D eigenvalue weighted by molar-refractivity contribution is -0.142. The molecule has 0 aliphatic carbocycles. The van der Waals surface area contributed by atoms with Gasteiger partial charge in [0.1, 0.15) is 18.8 Å². The molecule has 83 heavy (non-hydrogen) atoms. The van der Waals surface area contributed by atoms with E-state index in [9.17, 15) is 67.0 Å². The summed E-state index contributed by atoms with van der Waals surface area (Å²) in [6.45, 7) is 1.71. The van der Waals surface area contributed by atoms with Gasteiger partial charge < -0.3 is 53.8 Å². The molecule has 4 rings (SSSR count). The number of benzene rings is 1. The molecule has 2 aromatic rings. The summed E-state index contributed by atoms with van der Waals surface area (Å²) in [7, 11) is 2.02. The molecule has 8 atom stereocenters. The monoisotopic (exact) mass is 1220 g/mol. The average molecular weight is 1220 g/mol. The summed E-state index contributed by atoms with van der Waals surface area (Å²) in [5.41, 5.74) is 12.0. The summed E-state index contributed by atoms with van der Waals surface area (Å²) >= 11 is 0.995. The van der Waals surface area contributed by atoms with Crippen LogP contribution in [0.5, 0.6) is 0 Å². The predicted octanol–water partition coefficient (Wildman–Crippen LogP) is -0.355. The normalized spacial score (nSPS) is 22.7. The van der Waals surface area contributed by atoms with Crippen molar-refractivity contribution in [2.75, 3.05) is 49.3 Å². The number of carboxylic acid groups (broad SMARTS) is 1. The van der Waals surface area contributed by atoms with Gasteiger partial charge in [-0.3, -0.25) is 62.5 Å². The zero-order chi connectivity index (χ0) is 60.8. The smallest absolute Gasteiger partial charge is 0.304 e. The van der Waals surface area contributed by atoms with Crippen LogP contribution >= 0.6 is 33.3 Å². The molecule has 2 aliphatic heterocycles. The van der Waals surface area contributed by atoms with Crippen molar-refractivity contribution in [1.29, 1.82) is 0 Å². The second-order valence-corrected chi connectivity index (χ2v) is 23.7. The second kappa shape index (κ2) is 36.6. The third kappa shape index (κ3) is 25.6. The number of carboxylic acids is 1. The van der Waals surface area contributed by atoms with Crippen LogP contribution in [0.4, 0.5) is 4.39 Å². The van der Waals surface area contributed by atoms with Gasteiger partial charge in [0.15, 0.2) is 29.1 Å². The maximum Gasteiger partial charge on any atom is 0.304 e. The van der Waals surface area contributed by atoms with Crippen LogP contribution in [-0.2, 0) is 76.9 Å². The number of carbonyl (C=O) groups excluding carboxylic acids is 11. The van der Waals surface area contributed by atoms with Gasteiger partial charge in [0, 0.05) is 87.4 Å². The SMILES string of the molecule is CCCC(=O)[C@@H]1CSCC(=O)N[C@@H](CCCCNC(=O)C(Cc2cn(CC[18F])nn2)NC(C)=O)C(=O)N[C@H]2CSSC[C@H](NC(=O)[C@H](CC(=O)O)CC(=O)CNC(=O)[C@H](CCCN=C(N)N)CC2=O)C(=O)C[C@@H](Cc2ccccc2)C(=O)N1. The van der Waals surface area contributed by atoms with Crippen molar-refractivity contribution in [3.63, 3.8) is 0 Å². The van der Waals surface area contributed by atoms with Crippen LogP contribution in [0, 0.1) is 17.8 Å². The average Bonchev–Trinajstić information content (AvgIpc) is 4.04. The zero-order valence-electron chi connectivity index (χ0n) is 46.5. The minimum atomic E-state index is -1.50. The van der Waals surface area contributed by atoms with Gasteiger partial charge in [0.2, 0.25) is 41.4 Å². The lowest BCUT2D eigenvalue weighted by Gasteiger charge is -2.26. The van der Waals surface area contributed by atoms with E-state index in [1.165, 1.54) is 17.8 Å². The molecule has 0 saturated carbocycles. The molecule has 2 bridgehead atoms. The number of amides is 7. The maximum atomic E-state index is 14.6. The molecule has 26 nitrogen and oxygen atoms in total. The minimum Gasteiger partial charge on any atom is -0.481 e. The van der Waals surface area contributed by atoms with Gasteiger partial charge in [0.25, 0.3) is 0 Å². The van der Waals surface area contributed by atoms with Crippen molar-refractivity contribution in [3.05, 3.63) is 47.8 Å². The molecule has 30 heteroatoms. The number of guanidine groups is 1. The Morgan fingerprint density at radius 2 is 1.51 bits per heavy atom. The number of aryl methyl sites for hydroxylation is 1. The molecule has 456 valence electrons. The van der Waals surface area contributed by atoms with E-state index in [0.29, 0.717) is 17.7 Å². The Kier molecular flexibility index (Phi) is 30.2. The number of fused-ring (bicyclic) bond motifs is 5. The van der Waals surface area contributed by atoms with E-state index in [1.54, 1.807) is 37.3 Å². The van der Waals surface area contributed by atoms with Crippen molar-refractivity contribution in [1.82, 2.24) is 52.2 Å². The van der Waals surface area contributed by atoms with Gasteiger partial charge in [-0.1, -0.05) is 64.1 Å². The van der Waals surface area contributed by atoms with Gasteiger partial charge in [-0.15, -0.1) is 16.9 Å². The topological polar surface area (TPSA) is 404 Å². The molecule has 1 aromatic carbocycles. The maximum absolute atomic E-state index is 14.6. The van der Waals surface area contributed by atoms with Gasteiger partial charge >= 0.3 is 5.97 Å². The third-order valence-electron chi connectivity index (χ3n) is 13.3. The first-order chi connectivity index (χ1) is 39.6. The Hall–Kier alpha value is -6.95. The highest BCUT2D eigenvalue weighted by atomic mass is 33.1. The van der Waals surface area contributed by atoms with Crippen LogP contribution < -0.4 is 48.7 Å². The molecular formula is C53H76FN13O13S3. The van der Waals surface area contributed by atoms with E-state index in [4.69, 9.17) is 11.5 Å². The van der Waals surface area contributed by atoms with E-state index in [0.717, 1.165) is 33.3 Å². The van der Waals surface area contributed by atoms with Gasteiger partial charge in [-0.05, 0) is 50.5 Å². The Morgan fingerprint density at radius 1 is 0.831 bits per heavy atom. The van der Waals surface area contributed by atoms with Gasteiger partial charge in [-0.25, -0.2) is 9.07 Å². The second-order valence-electron chi connectivity index (χ2n) is 20.1. The quantitative estimate of drug-likeness (QED) is 0.0312. The highest BCUT2D eigenvalue weighted by molar-refractivity contribution is 8.76. The molecule has 2 saturated heterocycles. The number of hydrogen-bond acceptors (Lipinski definition) is 18. The Bertz CT molecular complexity index is 2610. The number of aliphatic imine (C=N–C) groups is 1. The Labute approximate surface area is 492 Å². The lowest BCUT2D eigenvalue weighted by atomic mass is 9.90. The van der Waals surface area contributed by atoms with Crippen molar-refractivity contribution < 1.29 is 67.0 Å². The van der Waals surface area contributed by atoms with Crippen LogP contribution in [0.15, 0.2) is 41.5 Å². The van der Waals surface area contributed by atoms with Crippen molar-refractivity contribution in [3.8, 4) is 0 Å². The van der Waals surface area contributed by atoms with Crippen LogP contribution in [-0.4, -0.2) is 176 Å². The van der Waals surface area contributed by atoms with Crippen LogP contribution in [0.2, 0.25) is 0 Å². The summed E-state index contributed by atoms with van der Waals surface area (Å²) in [5.74, 6) is -13.4. The molecule has 2 fully saturated rings. The number of ketones is 4. The molecule has 12 N–H and O–H groups in total. The molecule has 1 unspecified atom stereocenters. The Balaban J connectivity index is 1.73.